The van der Waals surface area contributed by atoms with E-state index >= 15 is 0 Å². The van der Waals surface area contributed by atoms with Crippen LogP contribution in [0.25, 0.3) is 6.08 Å². The number of benzene rings is 2. The summed E-state index contributed by atoms with van der Waals surface area (Å²) in [6, 6.07) is 13.4. The Morgan fingerprint density at radius 1 is 1.09 bits per heavy atom. The Labute approximate surface area is 133 Å². The minimum absolute atomic E-state index is 0.138. The largest absolute Gasteiger partial charge is 0.548 e. The van der Waals surface area contributed by atoms with Crippen LogP contribution < -0.4 is 10.4 Å². The first-order chi connectivity index (χ1) is 11.0. The standard InChI is InChI=1S/C18H16FNO3/c19-15-9-6-13(7-10-15)8-11-17(21)20-16(18(22)23)12-14-4-2-1-3-5-14/h1-11,16H,12H2,(H,20,21)(H,22,23)/p-1/b11-8+/t16-/m1/s1. The van der Waals surface area contributed by atoms with Gasteiger partial charge in [0.15, 0.2) is 0 Å². The summed E-state index contributed by atoms with van der Waals surface area (Å²) in [5.74, 6) is -2.27. The SMILES string of the molecule is O=C(/C=C/c1ccc(F)cc1)N[C@H](Cc1ccccc1)C(=O)[O-]. The Balaban J connectivity index is 1.98. The molecule has 0 radical (unpaired) electrons. The zero-order valence-corrected chi connectivity index (χ0v) is 12.2. The van der Waals surface area contributed by atoms with Crippen LogP contribution in [0.4, 0.5) is 4.39 Å². The van der Waals surface area contributed by atoms with Crippen molar-refractivity contribution in [1.82, 2.24) is 5.32 Å². The van der Waals surface area contributed by atoms with Crippen molar-refractivity contribution in [2.75, 3.05) is 0 Å². The fourth-order valence-electron chi connectivity index (χ4n) is 2.01. The Morgan fingerprint density at radius 3 is 2.35 bits per heavy atom. The molecule has 0 saturated heterocycles. The van der Waals surface area contributed by atoms with E-state index in [9.17, 15) is 19.1 Å². The third-order valence-corrected chi connectivity index (χ3v) is 3.18. The summed E-state index contributed by atoms with van der Waals surface area (Å²) in [5, 5.41) is 13.5. The van der Waals surface area contributed by atoms with E-state index in [2.05, 4.69) is 5.32 Å². The minimum Gasteiger partial charge on any atom is -0.548 e. The molecule has 0 heterocycles. The van der Waals surface area contributed by atoms with Crippen molar-refractivity contribution >= 4 is 18.0 Å². The molecular weight excluding hydrogens is 297 g/mol. The monoisotopic (exact) mass is 312 g/mol. The number of carbonyl (C=O) groups is 2. The van der Waals surface area contributed by atoms with Gasteiger partial charge in [-0.25, -0.2) is 4.39 Å². The summed E-state index contributed by atoms with van der Waals surface area (Å²) in [7, 11) is 0. The van der Waals surface area contributed by atoms with Gasteiger partial charge in [0.2, 0.25) is 5.91 Å². The van der Waals surface area contributed by atoms with Gasteiger partial charge in [0.1, 0.15) is 5.82 Å². The van der Waals surface area contributed by atoms with Crippen LogP contribution in [-0.2, 0) is 16.0 Å². The number of nitrogens with one attached hydrogen (secondary N) is 1. The van der Waals surface area contributed by atoms with Gasteiger partial charge in [-0.3, -0.25) is 4.79 Å². The first-order valence-corrected chi connectivity index (χ1v) is 7.03. The summed E-state index contributed by atoms with van der Waals surface area (Å²) in [5.41, 5.74) is 1.42. The number of hydrogen-bond acceptors (Lipinski definition) is 3. The third kappa shape index (κ3) is 5.39. The van der Waals surface area contributed by atoms with Crippen molar-refractivity contribution in [2.45, 2.75) is 12.5 Å². The number of halogens is 1. The molecule has 1 atom stereocenters. The highest BCUT2D eigenvalue weighted by Crippen LogP contribution is 2.05. The van der Waals surface area contributed by atoms with Gasteiger partial charge < -0.3 is 15.2 Å². The molecule has 0 spiro atoms. The molecular formula is C18H15FNO3-. The topological polar surface area (TPSA) is 69.2 Å². The average Bonchev–Trinajstić information content (AvgIpc) is 2.54. The van der Waals surface area contributed by atoms with E-state index in [-0.39, 0.29) is 12.2 Å². The summed E-state index contributed by atoms with van der Waals surface area (Å²) in [4.78, 5) is 23.0. The number of amides is 1. The van der Waals surface area contributed by atoms with Gasteiger partial charge in [-0.2, -0.15) is 0 Å². The molecule has 0 saturated carbocycles. The minimum atomic E-state index is -1.35. The van der Waals surface area contributed by atoms with Crippen LogP contribution in [0.3, 0.4) is 0 Å². The molecule has 0 aliphatic carbocycles. The first kappa shape index (κ1) is 16.4. The predicted octanol–water partition coefficient (Wildman–Crippen LogP) is 1.32. The first-order valence-electron chi connectivity index (χ1n) is 7.03. The Morgan fingerprint density at radius 2 is 1.74 bits per heavy atom. The molecule has 1 amide bonds. The lowest BCUT2D eigenvalue weighted by molar-refractivity contribution is -0.308. The zero-order chi connectivity index (χ0) is 16.7. The number of hydrogen-bond donors (Lipinski definition) is 1. The lowest BCUT2D eigenvalue weighted by Gasteiger charge is -2.18. The van der Waals surface area contributed by atoms with Crippen molar-refractivity contribution < 1.29 is 19.1 Å². The molecule has 2 aromatic carbocycles. The van der Waals surface area contributed by atoms with E-state index in [1.54, 1.807) is 24.3 Å². The van der Waals surface area contributed by atoms with Crippen molar-refractivity contribution in [2.24, 2.45) is 0 Å². The van der Waals surface area contributed by atoms with Crippen LogP contribution in [0.15, 0.2) is 60.7 Å². The molecule has 2 aromatic rings. The lowest BCUT2D eigenvalue weighted by atomic mass is 10.1. The summed E-state index contributed by atoms with van der Waals surface area (Å²) >= 11 is 0. The molecule has 0 fully saturated rings. The molecule has 4 nitrogen and oxygen atoms in total. The number of aliphatic carboxylic acids is 1. The Hall–Kier alpha value is -2.95. The van der Waals surface area contributed by atoms with E-state index < -0.39 is 17.9 Å². The van der Waals surface area contributed by atoms with Gasteiger partial charge in [0.05, 0.1) is 12.0 Å². The van der Waals surface area contributed by atoms with Crippen molar-refractivity contribution in [3.8, 4) is 0 Å². The summed E-state index contributed by atoms with van der Waals surface area (Å²) in [6.07, 6.45) is 2.82. The van der Waals surface area contributed by atoms with E-state index in [0.29, 0.717) is 5.56 Å². The van der Waals surface area contributed by atoms with E-state index in [1.165, 1.54) is 36.4 Å². The van der Waals surface area contributed by atoms with Crippen LogP contribution in [0.2, 0.25) is 0 Å². The van der Waals surface area contributed by atoms with Gasteiger partial charge >= 0.3 is 0 Å². The van der Waals surface area contributed by atoms with Crippen LogP contribution in [-0.4, -0.2) is 17.9 Å². The molecule has 0 unspecified atom stereocenters. The highest BCUT2D eigenvalue weighted by atomic mass is 19.1. The van der Waals surface area contributed by atoms with Gasteiger partial charge in [-0.05, 0) is 35.8 Å². The van der Waals surface area contributed by atoms with Crippen LogP contribution in [0.5, 0.6) is 0 Å². The summed E-state index contributed by atoms with van der Waals surface area (Å²) < 4.78 is 12.8. The molecule has 0 bridgehead atoms. The third-order valence-electron chi connectivity index (χ3n) is 3.18. The highest BCUT2D eigenvalue weighted by Gasteiger charge is 2.12. The summed E-state index contributed by atoms with van der Waals surface area (Å²) in [6.45, 7) is 0. The number of carboxylic acid groups (broad SMARTS) is 1. The molecule has 0 aromatic heterocycles. The smallest absolute Gasteiger partial charge is 0.244 e. The number of carboxylic acids is 1. The molecule has 0 aliphatic rings. The molecule has 1 N–H and O–H groups in total. The normalized spacial score (nSPS) is 12.0. The van der Waals surface area contributed by atoms with Crippen molar-refractivity contribution in [3.05, 3.63) is 77.6 Å². The Bertz CT molecular complexity index is 696. The van der Waals surface area contributed by atoms with E-state index in [4.69, 9.17) is 0 Å². The molecule has 5 heteroatoms. The van der Waals surface area contributed by atoms with Gasteiger partial charge in [-0.15, -0.1) is 0 Å². The maximum absolute atomic E-state index is 12.8. The van der Waals surface area contributed by atoms with Gasteiger partial charge in [0, 0.05) is 6.08 Å². The van der Waals surface area contributed by atoms with Crippen LogP contribution in [0, 0.1) is 5.82 Å². The number of rotatable bonds is 6. The molecule has 23 heavy (non-hydrogen) atoms. The second-order valence-electron chi connectivity index (χ2n) is 4.95. The van der Waals surface area contributed by atoms with Crippen molar-refractivity contribution in [1.29, 1.82) is 0 Å². The number of carbonyl (C=O) groups excluding carboxylic acids is 2. The fourth-order valence-corrected chi connectivity index (χ4v) is 2.01. The quantitative estimate of drug-likeness (QED) is 0.818. The van der Waals surface area contributed by atoms with Gasteiger partial charge in [0.25, 0.3) is 0 Å². The van der Waals surface area contributed by atoms with E-state index in [1.807, 2.05) is 6.07 Å². The highest BCUT2D eigenvalue weighted by molar-refractivity contribution is 5.94. The Kier molecular flexibility index (Phi) is 5.63. The lowest BCUT2D eigenvalue weighted by Crippen LogP contribution is -2.48. The zero-order valence-electron chi connectivity index (χ0n) is 12.2. The average molecular weight is 312 g/mol. The maximum atomic E-state index is 12.8. The van der Waals surface area contributed by atoms with Gasteiger partial charge in [-0.1, -0.05) is 42.5 Å². The fraction of sp³-hybridized carbons (Fsp3) is 0.111. The molecule has 0 aliphatic heterocycles. The molecule has 118 valence electrons. The van der Waals surface area contributed by atoms with E-state index in [0.717, 1.165) is 5.56 Å². The van der Waals surface area contributed by atoms with Crippen LogP contribution in [0.1, 0.15) is 11.1 Å². The second kappa shape index (κ2) is 7.89. The van der Waals surface area contributed by atoms with Crippen molar-refractivity contribution in [3.63, 3.8) is 0 Å². The van der Waals surface area contributed by atoms with Crippen LogP contribution >= 0.6 is 0 Å². The maximum Gasteiger partial charge on any atom is 0.244 e. The predicted molar refractivity (Wildman–Crippen MR) is 82.5 cm³/mol. The molecule has 2 rings (SSSR count). The second-order valence-corrected chi connectivity index (χ2v) is 4.95.